The van der Waals surface area contributed by atoms with Crippen LogP contribution >= 0.6 is 11.6 Å². The average molecular weight is 494 g/mol. The maximum absolute atomic E-state index is 12.3. The van der Waals surface area contributed by atoms with Gasteiger partial charge in [0.1, 0.15) is 11.5 Å². The normalized spacial score (nSPS) is 11.4. The summed E-state index contributed by atoms with van der Waals surface area (Å²) in [6.07, 6.45) is -0.425. The molecule has 0 radical (unpaired) electrons. The first-order chi connectivity index (χ1) is 16.7. The first kappa shape index (κ1) is 26.0. The van der Waals surface area contributed by atoms with E-state index in [0.717, 1.165) is 16.9 Å². The van der Waals surface area contributed by atoms with E-state index in [0.29, 0.717) is 28.4 Å². The van der Waals surface area contributed by atoms with Crippen molar-refractivity contribution in [3.8, 4) is 11.5 Å². The summed E-state index contributed by atoms with van der Waals surface area (Å²) >= 11 is 5.83. The molecule has 35 heavy (non-hydrogen) atoms. The molecule has 1 unspecified atom stereocenters. The highest BCUT2D eigenvalue weighted by atomic mass is 35.5. The molecule has 182 valence electrons. The van der Waals surface area contributed by atoms with Crippen LogP contribution in [0.3, 0.4) is 0 Å². The van der Waals surface area contributed by atoms with Crippen molar-refractivity contribution >= 4 is 34.9 Å². The summed E-state index contributed by atoms with van der Waals surface area (Å²) in [5.41, 5.74) is 3.20. The molecule has 0 saturated carbocycles. The van der Waals surface area contributed by atoms with Crippen LogP contribution in [-0.4, -0.2) is 23.8 Å². The van der Waals surface area contributed by atoms with Gasteiger partial charge in [0.25, 0.3) is 0 Å². The van der Waals surface area contributed by atoms with Crippen molar-refractivity contribution in [3.63, 3.8) is 0 Å². The third-order valence-electron chi connectivity index (χ3n) is 5.30. The second-order valence-electron chi connectivity index (χ2n) is 8.30. The maximum Gasteiger partial charge on any atom is 0.306 e. The molecule has 0 spiro atoms. The van der Waals surface area contributed by atoms with E-state index in [1.807, 2.05) is 32.0 Å². The van der Waals surface area contributed by atoms with Crippen LogP contribution in [-0.2, 0) is 14.3 Å². The quantitative estimate of drug-likeness (QED) is 0.252. The van der Waals surface area contributed by atoms with Gasteiger partial charge in [0.15, 0.2) is 6.10 Å². The first-order valence-corrected chi connectivity index (χ1v) is 11.7. The molecule has 3 aromatic carbocycles. The van der Waals surface area contributed by atoms with Gasteiger partial charge >= 0.3 is 5.97 Å². The Hall–Kier alpha value is -3.64. The molecular formula is C28H28ClNO5. The van der Waals surface area contributed by atoms with Crippen molar-refractivity contribution < 1.29 is 23.9 Å². The van der Waals surface area contributed by atoms with E-state index in [4.69, 9.17) is 21.1 Å². The Balaban J connectivity index is 1.40. The van der Waals surface area contributed by atoms with Crippen LogP contribution in [0.15, 0.2) is 66.7 Å². The lowest BCUT2D eigenvalue weighted by atomic mass is 10.1. The molecule has 1 amide bonds. The highest BCUT2D eigenvalue weighted by molar-refractivity contribution is 6.30. The maximum atomic E-state index is 12.3. The predicted molar refractivity (Wildman–Crippen MR) is 136 cm³/mol. The zero-order valence-electron chi connectivity index (χ0n) is 20.0. The molecule has 0 aromatic heterocycles. The average Bonchev–Trinajstić information content (AvgIpc) is 2.82. The predicted octanol–water partition coefficient (Wildman–Crippen LogP) is 6.67. The van der Waals surface area contributed by atoms with Crippen molar-refractivity contribution in [3.05, 3.63) is 88.4 Å². The number of rotatable bonds is 10. The Morgan fingerprint density at radius 2 is 1.60 bits per heavy atom. The van der Waals surface area contributed by atoms with Crippen LogP contribution in [0.1, 0.15) is 47.7 Å². The largest absolute Gasteiger partial charge is 0.457 e. The van der Waals surface area contributed by atoms with E-state index < -0.39 is 12.1 Å². The molecule has 0 heterocycles. The van der Waals surface area contributed by atoms with Crippen molar-refractivity contribution in [2.24, 2.45) is 0 Å². The number of nitrogens with one attached hydrogen (secondary N) is 1. The number of ether oxygens (including phenoxy) is 2. The summed E-state index contributed by atoms with van der Waals surface area (Å²) in [5.74, 6) is 0.407. The molecule has 0 aliphatic heterocycles. The van der Waals surface area contributed by atoms with E-state index in [9.17, 15) is 14.4 Å². The number of carbonyl (C=O) groups is 3. The van der Waals surface area contributed by atoms with Crippen LogP contribution in [0.5, 0.6) is 11.5 Å². The van der Waals surface area contributed by atoms with E-state index >= 15 is 0 Å². The Bertz CT molecular complexity index is 1190. The Kier molecular flexibility index (Phi) is 9.04. The zero-order chi connectivity index (χ0) is 25.4. The molecule has 3 aromatic rings. The van der Waals surface area contributed by atoms with Crippen molar-refractivity contribution in [2.45, 2.75) is 46.1 Å². The number of aryl methyl sites for hydroxylation is 2. The summed E-state index contributed by atoms with van der Waals surface area (Å²) in [6, 6.07) is 19.5. The van der Waals surface area contributed by atoms with Gasteiger partial charge in [0.05, 0.1) is 0 Å². The summed E-state index contributed by atoms with van der Waals surface area (Å²) in [5, 5.41) is 3.32. The van der Waals surface area contributed by atoms with Crippen molar-refractivity contribution in [2.75, 3.05) is 5.32 Å². The van der Waals surface area contributed by atoms with Gasteiger partial charge in [-0.1, -0.05) is 23.7 Å². The zero-order valence-corrected chi connectivity index (χ0v) is 20.7. The number of anilines is 1. The van der Waals surface area contributed by atoms with E-state index in [-0.39, 0.29) is 24.5 Å². The first-order valence-electron chi connectivity index (χ1n) is 11.4. The topological polar surface area (TPSA) is 81.7 Å². The number of Topliss-reactive ketones (excluding diaryl/α,β-unsaturated/α-hetero) is 1. The summed E-state index contributed by atoms with van der Waals surface area (Å²) < 4.78 is 11.1. The fourth-order valence-electron chi connectivity index (χ4n) is 3.33. The molecule has 1 N–H and O–H groups in total. The van der Waals surface area contributed by atoms with Gasteiger partial charge < -0.3 is 14.8 Å². The highest BCUT2D eigenvalue weighted by Crippen LogP contribution is 2.27. The summed E-state index contributed by atoms with van der Waals surface area (Å²) in [6.45, 7) is 5.51. The Labute approximate surface area is 210 Å². The molecule has 7 heteroatoms. The van der Waals surface area contributed by atoms with Gasteiger partial charge in [0.2, 0.25) is 11.7 Å². The Morgan fingerprint density at radius 3 is 2.29 bits per heavy atom. The fraction of sp³-hybridized carbons (Fsp3) is 0.250. The number of esters is 1. The highest BCUT2D eigenvalue weighted by Gasteiger charge is 2.19. The molecule has 0 saturated heterocycles. The molecular weight excluding hydrogens is 466 g/mol. The number of carbonyl (C=O) groups excluding carboxylic acids is 3. The lowest BCUT2D eigenvalue weighted by Gasteiger charge is -2.12. The van der Waals surface area contributed by atoms with E-state index in [1.165, 1.54) is 6.92 Å². The number of benzene rings is 3. The third kappa shape index (κ3) is 7.97. The molecule has 3 rings (SSSR count). The van der Waals surface area contributed by atoms with Gasteiger partial charge in [-0.25, -0.2) is 0 Å². The molecule has 0 aliphatic carbocycles. The molecule has 1 atom stereocenters. The van der Waals surface area contributed by atoms with E-state index in [2.05, 4.69) is 5.32 Å². The minimum Gasteiger partial charge on any atom is -0.457 e. The standard InChI is InChI=1S/C28H28ClNO5/c1-18-7-8-19(2)25(17-18)35-24-15-13-23(14-16-24)30-26(31)5-4-6-27(32)34-20(3)28(33)21-9-11-22(29)12-10-21/h7-17,20H,4-6H2,1-3H3,(H,30,31). The number of ketones is 1. The molecule has 6 nitrogen and oxygen atoms in total. The lowest BCUT2D eigenvalue weighted by Crippen LogP contribution is -2.24. The number of amides is 1. The van der Waals surface area contributed by atoms with Gasteiger partial charge in [-0.3, -0.25) is 14.4 Å². The minimum atomic E-state index is -0.915. The number of halogens is 1. The van der Waals surface area contributed by atoms with Crippen LogP contribution in [0, 0.1) is 13.8 Å². The number of hydrogen-bond donors (Lipinski definition) is 1. The number of hydrogen-bond acceptors (Lipinski definition) is 5. The second-order valence-corrected chi connectivity index (χ2v) is 8.74. The van der Waals surface area contributed by atoms with Crippen LogP contribution in [0.2, 0.25) is 5.02 Å². The monoisotopic (exact) mass is 493 g/mol. The lowest BCUT2D eigenvalue weighted by molar-refractivity contribution is -0.146. The van der Waals surface area contributed by atoms with Crippen molar-refractivity contribution in [1.29, 1.82) is 0 Å². The van der Waals surface area contributed by atoms with Crippen LogP contribution in [0.25, 0.3) is 0 Å². The van der Waals surface area contributed by atoms with Gasteiger partial charge in [-0.05, 0) is 92.9 Å². The summed E-state index contributed by atoms with van der Waals surface area (Å²) in [4.78, 5) is 36.7. The van der Waals surface area contributed by atoms with Crippen molar-refractivity contribution in [1.82, 2.24) is 0 Å². The van der Waals surface area contributed by atoms with Gasteiger partial charge in [-0.2, -0.15) is 0 Å². The van der Waals surface area contributed by atoms with E-state index in [1.54, 1.807) is 48.5 Å². The van der Waals surface area contributed by atoms with Crippen LogP contribution in [0.4, 0.5) is 5.69 Å². The minimum absolute atomic E-state index is 0.0360. The van der Waals surface area contributed by atoms with Gasteiger partial charge in [-0.15, -0.1) is 0 Å². The van der Waals surface area contributed by atoms with Gasteiger partial charge in [0, 0.05) is 29.1 Å². The smallest absolute Gasteiger partial charge is 0.306 e. The summed E-state index contributed by atoms with van der Waals surface area (Å²) in [7, 11) is 0. The van der Waals surface area contributed by atoms with Crippen LogP contribution < -0.4 is 10.1 Å². The fourth-order valence-corrected chi connectivity index (χ4v) is 3.45. The second kappa shape index (κ2) is 12.2. The Morgan fingerprint density at radius 1 is 0.914 bits per heavy atom. The third-order valence-corrected chi connectivity index (χ3v) is 5.55. The molecule has 0 fully saturated rings. The molecule has 0 bridgehead atoms. The SMILES string of the molecule is Cc1ccc(C)c(Oc2ccc(NC(=O)CCCC(=O)OC(C)C(=O)c3ccc(Cl)cc3)cc2)c1. The molecule has 0 aliphatic rings.